The Balaban J connectivity index is 0.00000162. The number of rotatable bonds is 3. The van der Waals surface area contributed by atoms with Gasteiger partial charge in [-0.1, -0.05) is 0 Å². The average molecular weight is 312 g/mol. The van der Waals surface area contributed by atoms with E-state index in [4.69, 9.17) is 5.73 Å². The summed E-state index contributed by atoms with van der Waals surface area (Å²) in [7, 11) is -3.32. The first kappa shape index (κ1) is 15.8. The van der Waals surface area contributed by atoms with Crippen LogP contribution >= 0.6 is 23.7 Å². The predicted octanol–water partition coefficient (Wildman–Crippen LogP) is 1.23. The van der Waals surface area contributed by atoms with E-state index in [0.29, 0.717) is 29.8 Å². The molecule has 104 valence electrons. The van der Waals surface area contributed by atoms with Gasteiger partial charge in [0.05, 0.1) is 11.2 Å². The van der Waals surface area contributed by atoms with E-state index in [-0.39, 0.29) is 12.4 Å². The number of hydrogen-bond acceptors (Lipinski definition) is 5. The third kappa shape index (κ3) is 3.21. The first-order valence-electron chi connectivity index (χ1n) is 5.66. The van der Waals surface area contributed by atoms with Crippen LogP contribution in [0.2, 0.25) is 0 Å². The van der Waals surface area contributed by atoms with E-state index in [0.717, 1.165) is 17.8 Å². The zero-order valence-corrected chi connectivity index (χ0v) is 12.7. The molecule has 1 saturated heterocycles. The largest absolute Gasteiger partial charge is 0.330 e. The monoisotopic (exact) mass is 311 g/mol. The molecule has 1 aliphatic rings. The summed E-state index contributed by atoms with van der Waals surface area (Å²) >= 11 is 1.23. The number of hydrogen-bond donors (Lipinski definition) is 1. The van der Waals surface area contributed by atoms with Gasteiger partial charge in [-0.3, -0.25) is 0 Å². The summed E-state index contributed by atoms with van der Waals surface area (Å²) < 4.78 is 26.4. The van der Waals surface area contributed by atoms with Crippen LogP contribution in [0, 0.1) is 12.8 Å². The lowest BCUT2D eigenvalue weighted by atomic mass is 9.99. The van der Waals surface area contributed by atoms with E-state index in [1.165, 1.54) is 17.5 Å². The molecule has 0 unspecified atom stereocenters. The lowest BCUT2D eigenvalue weighted by Crippen LogP contribution is -2.39. The molecule has 0 aromatic carbocycles. The third-order valence-corrected chi connectivity index (χ3v) is 6.35. The smallest absolute Gasteiger partial charge is 0.254 e. The Kier molecular flexibility index (Phi) is 5.54. The normalized spacial score (nSPS) is 18.6. The average Bonchev–Trinajstić information content (AvgIpc) is 2.77. The zero-order chi connectivity index (χ0) is 12.5. The summed E-state index contributed by atoms with van der Waals surface area (Å²) in [6.07, 6.45) is 3.16. The summed E-state index contributed by atoms with van der Waals surface area (Å²) in [6.45, 7) is 3.60. The van der Waals surface area contributed by atoms with Gasteiger partial charge in [0.15, 0.2) is 4.21 Å². The number of aromatic nitrogens is 1. The van der Waals surface area contributed by atoms with Crippen molar-refractivity contribution in [3.63, 3.8) is 0 Å². The molecule has 1 fully saturated rings. The minimum atomic E-state index is -3.32. The molecule has 1 aromatic heterocycles. The summed E-state index contributed by atoms with van der Waals surface area (Å²) in [6, 6.07) is 0. The molecule has 2 heterocycles. The van der Waals surface area contributed by atoms with Crippen molar-refractivity contribution >= 4 is 33.8 Å². The minimum Gasteiger partial charge on any atom is -0.330 e. The van der Waals surface area contributed by atoms with Crippen LogP contribution in [0.15, 0.2) is 10.4 Å². The van der Waals surface area contributed by atoms with Crippen LogP contribution < -0.4 is 5.73 Å². The number of halogens is 1. The number of nitrogens with two attached hydrogens (primary N) is 1. The third-order valence-electron chi connectivity index (χ3n) is 3.10. The van der Waals surface area contributed by atoms with E-state index in [2.05, 4.69) is 4.98 Å². The second-order valence-corrected chi connectivity index (χ2v) is 7.68. The molecule has 18 heavy (non-hydrogen) atoms. The van der Waals surface area contributed by atoms with E-state index in [9.17, 15) is 8.42 Å². The molecule has 0 amide bonds. The number of thiazole rings is 1. The Morgan fingerprint density at radius 1 is 1.50 bits per heavy atom. The Morgan fingerprint density at radius 2 is 2.11 bits per heavy atom. The molecule has 0 radical (unpaired) electrons. The fourth-order valence-corrected chi connectivity index (χ4v) is 4.71. The molecular formula is C10H18ClN3O2S2. The summed E-state index contributed by atoms with van der Waals surface area (Å²) in [5.41, 5.74) is 5.60. The summed E-state index contributed by atoms with van der Waals surface area (Å²) in [5, 5.41) is 0.778. The van der Waals surface area contributed by atoms with Gasteiger partial charge in [-0.15, -0.1) is 23.7 Å². The maximum Gasteiger partial charge on any atom is 0.254 e. The molecule has 2 rings (SSSR count). The van der Waals surface area contributed by atoms with Crippen molar-refractivity contribution < 1.29 is 8.42 Å². The molecule has 0 spiro atoms. The molecule has 2 N–H and O–H groups in total. The molecule has 8 heteroatoms. The Morgan fingerprint density at radius 3 is 2.56 bits per heavy atom. The highest BCUT2D eigenvalue weighted by Crippen LogP contribution is 2.26. The highest BCUT2D eigenvalue weighted by Gasteiger charge is 2.30. The van der Waals surface area contributed by atoms with Crippen molar-refractivity contribution in [3.8, 4) is 0 Å². The van der Waals surface area contributed by atoms with E-state index in [1.807, 2.05) is 6.92 Å². The van der Waals surface area contributed by atoms with Crippen molar-refractivity contribution in [2.45, 2.75) is 24.0 Å². The van der Waals surface area contributed by atoms with Gasteiger partial charge in [0.2, 0.25) is 0 Å². The van der Waals surface area contributed by atoms with Gasteiger partial charge in [-0.05, 0) is 32.2 Å². The van der Waals surface area contributed by atoms with E-state index in [1.54, 1.807) is 4.31 Å². The van der Waals surface area contributed by atoms with Gasteiger partial charge in [-0.2, -0.15) is 4.31 Å². The van der Waals surface area contributed by atoms with E-state index < -0.39 is 10.0 Å². The van der Waals surface area contributed by atoms with Crippen LogP contribution in [0.25, 0.3) is 0 Å². The Labute approximate surface area is 118 Å². The number of piperidine rings is 1. The maximum atomic E-state index is 12.3. The van der Waals surface area contributed by atoms with Gasteiger partial charge in [0.25, 0.3) is 10.0 Å². The number of sulfonamides is 1. The molecule has 5 nitrogen and oxygen atoms in total. The van der Waals surface area contributed by atoms with Crippen LogP contribution in [-0.4, -0.2) is 37.3 Å². The summed E-state index contributed by atoms with van der Waals surface area (Å²) in [5.74, 6) is 0.463. The predicted molar refractivity (Wildman–Crippen MR) is 74.6 cm³/mol. The second-order valence-electron chi connectivity index (χ2n) is 4.28. The van der Waals surface area contributed by atoms with Crippen LogP contribution in [0.5, 0.6) is 0 Å². The first-order valence-corrected chi connectivity index (χ1v) is 7.92. The quantitative estimate of drug-likeness (QED) is 0.911. The maximum absolute atomic E-state index is 12.3. The highest BCUT2D eigenvalue weighted by molar-refractivity contribution is 7.91. The lowest BCUT2D eigenvalue weighted by molar-refractivity contribution is 0.279. The van der Waals surface area contributed by atoms with Gasteiger partial charge in [0.1, 0.15) is 0 Å². The summed E-state index contributed by atoms with van der Waals surface area (Å²) in [4.78, 5) is 4.00. The molecule has 1 aliphatic heterocycles. The Bertz CT molecular complexity index is 481. The van der Waals surface area contributed by atoms with Crippen LogP contribution in [0.1, 0.15) is 17.8 Å². The van der Waals surface area contributed by atoms with Crippen LogP contribution in [0.3, 0.4) is 0 Å². The SMILES string of the molecule is Cc1ncc(S(=O)(=O)N2CCC(CN)CC2)s1.Cl. The minimum absolute atomic E-state index is 0. The van der Waals surface area contributed by atoms with Gasteiger partial charge >= 0.3 is 0 Å². The van der Waals surface area contributed by atoms with Crippen LogP contribution in [-0.2, 0) is 10.0 Å². The standard InChI is InChI=1S/C10H17N3O2S2.ClH/c1-8-12-7-10(16-8)17(14,15)13-4-2-9(6-11)3-5-13;/h7,9H,2-6,11H2,1H3;1H. The van der Waals surface area contributed by atoms with Crippen molar-refractivity contribution in [3.05, 3.63) is 11.2 Å². The fraction of sp³-hybridized carbons (Fsp3) is 0.700. The number of aryl methyl sites for hydroxylation is 1. The van der Waals surface area contributed by atoms with Crippen LogP contribution in [0.4, 0.5) is 0 Å². The van der Waals surface area contributed by atoms with Crippen molar-refractivity contribution in [2.24, 2.45) is 11.7 Å². The molecule has 0 saturated carbocycles. The van der Waals surface area contributed by atoms with Crippen molar-refractivity contribution in [1.29, 1.82) is 0 Å². The van der Waals surface area contributed by atoms with E-state index >= 15 is 0 Å². The Hall–Kier alpha value is -0.210. The topological polar surface area (TPSA) is 76.3 Å². The zero-order valence-electron chi connectivity index (χ0n) is 10.2. The molecule has 1 aromatic rings. The molecular weight excluding hydrogens is 294 g/mol. The number of nitrogens with zero attached hydrogens (tertiary/aromatic N) is 2. The molecule has 0 bridgehead atoms. The van der Waals surface area contributed by atoms with Gasteiger partial charge in [-0.25, -0.2) is 13.4 Å². The van der Waals surface area contributed by atoms with Gasteiger partial charge < -0.3 is 5.73 Å². The lowest BCUT2D eigenvalue weighted by Gasteiger charge is -2.29. The molecule has 0 atom stereocenters. The second kappa shape index (κ2) is 6.29. The fourth-order valence-electron chi connectivity index (χ4n) is 1.97. The molecule has 0 aliphatic carbocycles. The van der Waals surface area contributed by atoms with Crippen molar-refractivity contribution in [2.75, 3.05) is 19.6 Å². The van der Waals surface area contributed by atoms with Crippen molar-refractivity contribution in [1.82, 2.24) is 9.29 Å². The highest BCUT2D eigenvalue weighted by atomic mass is 35.5. The first-order chi connectivity index (χ1) is 8.04. The van der Waals surface area contributed by atoms with Gasteiger partial charge in [0, 0.05) is 13.1 Å².